The lowest BCUT2D eigenvalue weighted by atomic mass is 9.88. The van der Waals surface area contributed by atoms with Crippen LogP contribution < -0.4 is 9.46 Å². The molecule has 6 heteroatoms. The number of benzene rings is 2. The van der Waals surface area contributed by atoms with Crippen molar-refractivity contribution in [2.45, 2.75) is 68.8 Å². The number of nitrogens with one attached hydrogen (secondary N) is 1. The molecule has 1 aliphatic heterocycles. The zero-order chi connectivity index (χ0) is 21.1. The van der Waals surface area contributed by atoms with Crippen molar-refractivity contribution in [3.63, 3.8) is 0 Å². The molecular formula is C24H30N2O3S. The lowest BCUT2D eigenvalue weighted by Gasteiger charge is -2.26. The molecule has 0 bridgehead atoms. The monoisotopic (exact) mass is 426 g/mol. The van der Waals surface area contributed by atoms with E-state index in [0.717, 1.165) is 67.5 Å². The lowest BCUT2D eigenvalue weighted by Crippen LogP contribution is -2.39. The van der Waals surface area contributed by atoms with E-state index in [1.54, 1.807) is 19.2 Å². The topological polar surface area (TPSA) is 67.8 Å². The van der Waals surface area contributed by atoms with Crippen molar-refractivity contribution in [2.24, 2.45) is 4.99 Å². The first-order valence-electron chi connectivity index (χ1n) is 10.9. The molecule has 2 aromatic carbocycles. The maximum atomic E-state index is 12.6. The fourth-order valence-corrected chi connectivity index (χ4v) is 5.40. The van der Waals surface area contributed by atoms with Gasteiger partial charge >= 0.3 is 0 Å². The lowest BCUT2D eigenvalue weighted by molar-refractivity contribution is 0.383. The molecule has 0 saturated heterocycles. The van der Waals surface area contributed by atoms with E-state index >= 15 is 0 Å². The van der Waals surface area contributed by atoms with E-state index in [1.807, 2.05) is 18.2 Å². The Kier molecular flexibility index (Phi) is 6.25. The largest absolute Gasteiger partial charge is 0.497 e. The molecule has 0 amide bonds. The second kappa shape index (κ2) is 8.90. The van der Waals surface area contributed by atoms with E-state index in [2.05, 4.69) is 23.8 Å². The Hall–Kier alpha value is -2.18. The average Bonchev–Trinajstić information content (AvgIpc) is 2.74. The van der Waals surface area contributed by atoms with Crippen molar-refractivity contribution >= 4 is 15.7 Å². The van der Waals surface area contributed by atoms with Crippen molar-refractivity contribution in [2.75, 3.05) is 7.11 Å². The van der Waals surface area contributed by atoms with Gasteiger partial charge in [0.15, 0.2) is 0 Å². The summed E-state index contributed by atoms with van der Waals surface area (Å²) in [4.78, 5) is 5.37. The summed E-state index contributed by atoms with van der Waals surface area (Å²) in [5.41, 5.74) is 4.23. The smallest absolute Gasteiger partial charge is 0.240 e. The van der Waals surface area contributed by atoms with Crippen molar-refractivity contribution in [3.05, 3.63) is 59.2 Å². The molecule has 2 aromatic rings. The van der Waals surface area contributed by atoms with Crippen LogP contribution in [0.1, 0.15) is 62.1 Å². The van der Waals surface area contributed by atoms with Crippen molar-refractivity contribution < 1.29 is 13.2 Å². The first-order chi connectivity index (χ1) is 14.5. The first kappa shape index (κ1) is 21.1. The van der Waals surface area contributed by atoms with E-state index in [4.69, 9.17) is 9.73 Å². The number of aliphatic imine (C=N–C) groups is 1. The summed E-state index contributed by atoms with van der Waals surface area (Å²) >= 11 is 0. The summed E-state index contributed by atoms with van der Waals surface area (Å²) in [6.45, 7) is 2.20. The minimum absolute atomic E-state index is 0.0820. The van der Waals surface area contributed by atoms with Crippen LogP contribution in [0.4, 0.5) is 0 Å². The van der Waals surface area contributed by atoms with Crippen molar-refractivity contribution in [1.29, 1.82) is 0 Å². The van der Waals surface area contributed by atoms with Crippen LogP contribution in [0.25, 0.3) is 0 Å². The van der Waals surface area contributed by atoms with Gasteiger partial charge in [0, 0.05) is 17.2 Å². The van der Waals surface area contributed by atoms with Crippen molar-refractivity contribution in [3.8, 4) is 5.75 Å². The third-order valence-corrected chi connectivity index (χ3v) is 7.63. The third kappa shape index (κ3) is 4.44. The summed E-state index contributed by atoms with van der Waals surface area (Å²) in [6.07, 6.45) is 7.19. The maximum absolute atomic E-state index is 12.6. The summed E-state index contributed by atoms with van der Waals surface area (Å²) in [6, 6.07) is 13.6. The van der Waals surface area contributed by atoms with Crippen LogP contribution in [0.3, 0.4) is 0 Å². The quantitative estimate of drug-likeness (QED) is 0.677. The Morgan fingerprint density at radius 2 is 1.90 bits per heavy atom. The number of sulfonamides is 1. The Balaban J connectivity index is 1.64. The highest BCUT2D eigenvalue weighted by molar-refractivity contribution is 7.89. The molecule has 30 heavy (non-hydrogen) atoms. The highest BCUT2D eigenvalue weighted by atomic mass is 32.2. The van der Waals surface area contributed by atoms with Gasteiger partial charge in [-0.05, 0) is 61.6 Å². The molecule has 1 fully saturated rings. The number of fused-ring (bicyclic) bond motifs is 1. The highest BCUT2D eigenvalue weighted by Gasteiger charge is 2.26. The van der Waals surface area contributed by atoms with Gasteiger partial charge in [-0.3, -0.25) is 4.99 Å². The van der Waals surface area contributed by atoms with Gasteiger partial charge in [-0.1, -0.05) is 38.3 Å². The average molecular weight is 427 g/mol. The Morgan fingerprint density at radius 1 is 1.13 bits per heavy atom. The number of rotatable bonds is 8. The van der Waals surface area contributed by atoms with Gasteiger partial charge in [0.2, 0.25) is 10.0 Å². The molecule has 0 unspecified atom stereocenters. The molecule has 1 atom stereocenters. The molecule has 4 rings (SSSR count). The number of unbranched alkanes of at least 4 members (excludes halogenated alkanes) is 1. The second-order valence-corrected chi connectivity index (χ2v) is 9.99. The zero-order valence-corrected chi connectivity index (χ0v) is 18.5. The van der Waals surface area contributed by atoms with E-state index in [1.165, 1.54) is 5.56 Å². The Morgan fingerprint density at radius 3 is 2.53 bits per heavy atom. The molecule has 1 aliphatic carbocycles. The summed E-state index contributed by atoms with van der Waals surface area (Å²) in [7, 11) is -1.78. The molecule has 0 aromatic heterocycles. The normalized spacial score (nSPS) is 19.0. The van der Waals surface area contributed by atoms with Gasteiger partial charge in [0.1, 0.15) is 5.75 Å². The fourth-order valence-electron chi connectivity index (χ4n) is 4.09. The maximum Gasteiger partial charge on any atom is 0.240 e. The molecule has 1 N–H and O–H groups in total. The van der Waals surface area contributed by atoms with Gasteiger partial charge < -0.3 is 4.74 Å². The van der Waals surface area contributed by atoms with E-state index < -0.39 is 10.0 Å². The van der Waals surface area contributed by atoms with Crippen LogP contribution in [0, 0.1) is 0 Å². The Labute approximate surface area is 179 Å². The van der Waals surface area contributed by atoms with Crippen LogP contribution in [-0.2, 0) is 16.4 Å². The number of ether oxygens (including phenoxy) is 1. The SMILES string of the molecule is CCCC[C@H]1Cc2cc(OC)ccc2C(c2ccc(S(=O)(=O)NC3CCC3)cc2)=N1. The predicted molar refractivity (Wildman–Crippen MR) is 120 cm³/mol. The van der Waals surface area contributed by atoms with Crippen LogP contribution in [0.5, 0.6) is 5.75 Å². The minimum Gasteiger partial charge on any atom is -0.497 e. The van der Waals surface area contributed by atoms with Gasteiger partial charge in [0.25, 0.3) is 0 Å². The standard InChI is InChI=1S/C24H30N2O3S/c1-3-4-6-20-15-18-16-21(29-2)11-14-23(18)24(25-20)17-9-12-22(13-10-17)30(27,28)26-19-7-5-8-19/h9-14,16,19-20,26H,3-8,15H2,1-2H3/t20-/m0/s1. The Bertz CT molecular complexity index is 1020. The van der Waals surface area contributed by atoms with Crippen LogP contribution >= 0.6 is 0 Å². The van der Waals surface area contributed by atoms with Gasteiger partial charge in [-0.25, -0.2) is 13.1 Å². The molecule has 1 saturated carbocycles. The highest BCUT2D eigenvalue weighted by Crippen LogP contribution is 2.29. The number of nitrogens with zero attached hydrogens (tertiary/aromatic N) is 1. The molecule has 0 spiro atoms. The van der Waals surface area contributed by atoms with Crippen LogP contribution in [-0.4, -0.2) is 33.3 Å². The molecule has 160 valence electrons. The molecule has 0 radical (unpaired) electrons. The van der Waals surface area contributed by atoms with E-state index in [9.17, 15) is 8.42 Å². The van der Waals surface area contributed by atoms with Gasteiger partial charge in [0.05, 0.1) is 23.8 Å². The molecule has 1 heterocycles. The minimum atomic E-state index is -3.47. The van der Waals surface area contributed by atoms with Crippen LogP contribution in [0.15, 0.2) is 52.4 Å². The first-order valence-corrected chi connectivity index (χ1v) is 12.4. The van der Waals surface area contributed by atoms with E-state index in [0.29, 0.717) is 4.90 Å². The molecule has 5 nitrogen and oxygen atoms in total. The van der Waals surface area contributed by atoms with Crippen molar-refractivity contribution in [1.82, 2.24) is 4.72 Å². The molecule has 2 aliphatic rings. The number of hydrogen-bond acceptors (Lipinski definition) is 4. The summed E-state index contributed by atoms with van der Waals surface area (Å²) < 4.78 is 33.4. The third-order valence-electron chi connectivity index (χ3n) is 6.09. The predicted octanol–water partition coefficient (Wildman–Crippen LogP) is 4.48. The fraction of sp³-hybridized carbons (Fsp3) is 0.458. The van der Waals surface area contributed by atoms with Crippen LogP contribution in [0.2, 0.25) is 0 Å². The zero-order valence-electron chi connectivity index (χ0n) is 17.7. The second-order valence-electron chi connectivity index (χ2n) is 8.27. The van der Waals surface area contributed by atoms with E-state index in [-0.39, 0.29) is 12.1 Å². The summed E-state index contributed by atoms with van der Waals surface area (Å²) in [5, 5.41) is 0. The van der Waals surface area contributed by atoms with Gasteiger partial charge in [-0.2, -0.15) is 0 Å². The molecular weight excluding hydrogens is 396 g/mol. The number of hydrogen-bond donors (Lipinski definition) is 1. The van der Waals surface area contributed by atoms with Gasteiger partial charge in [-0.15, -0.1) is 0 Å². The summed E-state index contributed by atoms with van der Waals surface area (Å²) in [5.74, 6) is 0.854. The number of methoxy groups -OCH3 is 1.